The molecule has 2 aromatic rings. The number of amides is 1. The molecule has 3 rings (SSSR count). The highest BCUT2D eigenvalue weighted by atomic mass is 16.2. The maximum absolute atomic E-state index is 12.7. The Morgan fingerprint density at radius 3 is 2.71 bits per heavy atom. The van der Waals surface area contributed by atoms with Crippen LogP contribution in [0.3, 0.4) is 0 Å². The van der Waals surface area contributed by atoms with Gasteiger partial charge in [-0.2, -0.15) is 10.1 Å². The summed E-state index contributed by atoms with van der Waals surface area (Å²) in [5.74, 6) is 0.711. The van der Waals surface area contributed by atoms with Gasteiger partial charge in [0.15, 0.2) is 0 Å². The van der Waals surface area contributed by atoms with E-state index in [4.69, 9.17) is 5.73 Å². The number of anilines is 2. The van der Waals surface area contributed by atoms with Gasteiger partial charge in [-0.25, -0.2) is 0 Å². The zero-order valence-corrected chi connectivity index (χ0v) is 13.6. The van der Waals surface area contributed by atoms with Gasteiger partial charge in [0.1, 0.15) is 11.9 Å². The maximum Gasteiger partial charge on any atom is 0.254 e. The van der Waals surface area contributed by atoms with Gasteiger partial charge in [0, 0.05) is 44.6 Å². The summed E-state index contributed by atoms with van der Waals surface area (Å²) >= 11 is 0. The average molecular weight is 331 g/mol. The summed E-state index contributed by atoms with van der Waals surface area (Å²) in [5, 5.41) is 4.18. The third-order valence-electron chi connectivity index (χ3n) is 4.18. The van der Waals surface area contributed by atoms with Gasteiger partial charge >= 0.3 is 0 Å². The summed E-state index contributed by atoms with van der Waals surface area (Å²) in [6.45, 7) is 4.34. The van der Waals surface area contributed by atoms with Crippen LogP contribution in [0.5, 0.6) is 0 Å². The molecule has 1 amide bonds. The zero-order valence-electron chi connectivity index (χ0n) is 13.6. The molecule has 9 nitrogen and oxygen atoms in total. The lowest BCUT2D eigenvalue weighted by Gasteiger charge is -2.36. The fraction of sp³-hybridized carbons (Fsp3) is 0.467. The third-order valence-corrected chi connectivity index (χ3v) is 4.18. The van der Waals surface area contributed by atoms with E-state index in [2.05, 4.69) is 15.1 Å². The van der Waals surface area contributed by atoms with E-state index in [0.29, 0.717) is 38.4 Å². The molecule has 1 atom stereocenters. The van der Waals surface area contributed by atoms with Crippen molar-refractivity contribution in [3.05, 3.63) is 34.9 Å². The van der Waals surface area contributed by atoms with Crippen LogP contribution in [0.25, 0.3) is 0 Å². The topological polar surface area (TPSA) is 113 Å². The predicted molar refractivity (Wildman–Crippen MR) is 89.6 cm³/mol. The van der Waals surface area contributed by atoms with Crippen molar-refractivity contribution in [2.45, 2.75) is 19.4 Å². The van der Waals surface area contributed by atoms with Crippen LogP contribution in [0.4, 0.5) is 11.8 Å². The smallest absolute Gasteiger partial charge is 0.254 e. The molecule has 3 heterocycles. The number of nitrogens with zero attached hydrogens (tertiary/aromatic N) is 5. The third kappa shape index (κ3) is 3.24. The van der Waals surface area contributed by atoms with Gasteiger partial charge in [0.05, 0.1) is 0 Å². The van der Waals surface area contributed by atoms with Crippen LogP contribution >= 0.6 is 0 Å². The van der Waals surface area contributed by atoms with E-state index >= 15 is 0 Å². The van der Waals surface area contributed by atoms with Gasteiger partial charge in [-0.1, -0.05) is 6.92 Å². The number of rotatable bonds is 4. The molecule has 128 valence electrons. The van der Waals surface area contributed by atoms with Gasteiger partial charge in [0.2, 0.25) is 11.9 Å². The highest BCUT2D eigenvalue weighted by Gasteiger charge is 2.28. The molecule has 1 aliphatic heterocycles. The SMILES string of the molecule is CCC(C(=O)N1CCN(c2cc(=O)[nH]c(N)n2)CC1)n1cccn1. The molecule has 1 aliphatic rings. The number of hydrogen-bond acceptors (Lipinski definition) is 6. The van der Waals surface area contributed by atoms with E-state index in [1.54, 1.807) is 10.9 Å². The second-order valence-electron chi connectivity index (χ2n) is 5.71. The van der Waals surface area contributed by atoms with E-state index in [-0.39, 0.29) is 23.5 Å². The van der Waals surface area contributed by atoms with Gasteiger partial charge in [-0.05, 0) is 12.5 Å². The van der Waals surface area contributed by atoms with E-state index in [1.807, 2.05) is 29.0 Å². The average Bonchev–Trinajstić information content (AvgIpc) is 3.09. The highest BCUT2D eigenvalue weighted by Crippen LogP contribution is 2.17. The monoisotopic (exact) mass is 331 g/mol. The fourth-order valence-electron chi connectivity index (χ4n) is 2.93. The Labute approximate surface area is 139 Å². The number of carbonyl (C=O) groups excluding carboxylic acids is 1. The largest absolute Gasteiger partial charge is 0.369 e. The van der Waals surface area contributed by atoms with Crippen LogP contribution < -0.4 is 16.2 Å². The molecular weight excluding hydrogens is 310 g/mol. The quantitative estimate of drug-likeness (QED) is 0.805. The molecule has 0 bridgehead atoms. The van der Waals surface area contributed by atoms with Crippen molar-refractivity contribution < 1.29 is 4.79 Å². The number of carbonyl (C=O) groups is 1. The number of aromatic amines is 1. The Balaban J connectivity index is 1.66. The predicted octanol–water partition coefficient (Wildman–Crippen LogP) is -0.151. The minimum Gasteiger partial charge on any atom is -0.369 e. The number of piperazine rings is 1. The standard InChI is InChI=1S/C15H21N7O2/c1-2-11(22-5-3-4-17-22)14(24)21-8-6-20(7-9-21)12-10-13(23)19-15(16)18-12/h3-5,10-11H,2,6-9H2,1H3,(H3,16,18,19,23). The van der Waals surface area contributed by atoms with E-state index in [0.717, 1.165) is 0 Å². The number of nitrogen functional groups attached to an aromatic ring is 1. The highest BCUT2D eigenvalue weighted by molar-refractivity contribution is 5.80. The van der Waals surface area contributed by atoms with Crippen LogP contribution in [-0.2, 0) is 4.79 Å². The Kier molecular flexibility index (Phi) is 4.50. The number of hydrogen-bond donors (Lipinski definition) is 2. The van der Waals surface area contributed by atoms with Crippen LogP contribution in [0, 0.1) is 0 Å². The minimum absolute atomic E-state index is 0.0687. The maximum atomic E-state index is 12.7. The molecule has 2 aromatic heterocycles. The number of H-pyrrole nitrogens is 1. The lowest BCUT2D eigenvalue weighted by molar-refractivity contribution is -0.135. The first-order chi connectivity index (χ1) is 11.6. The van der Waals surface area contributed by atoms with Crippen LogP contribution in [0.15, 0.2) is 29.3 Å². The van der Waals surface area contributed by atoms with Crippen LogP contribution in [0.2, 0.25) is 0 Å². The molecule has 0 aromatic carbocycles. The summed E-state index contributed by atoms with van der Waals surface area (Å²) in [6, 6.07) is 2.96. The van der Waals surface area contributed by atoms with Crippen molar-refractivity contribution in [2.24, 2.45) is 0 Å². The summed E-state index contributed by atoms with van der Waals surface area (Å²) in [6.07, 6.45) is 4.18. The van der Waals surface area contributed by atoms with Gasteiger partial charge in [-0.15, -0.1) is 0 Å². The van der Waals surface area contributed by atoms with Crippen molar-refractivity contribution in [3.63, 3.8) is 0 Å². The van der Waals surface area contributed by atoms with Crippen molar-refractivity contribution >= 4 is 17.7 Å². The second-order valence-corrected chi connectivity index (χ2v) is 5.71. The second kappa shape index (κ2) is 6.73. The molecular formula is C15H21N7O2. The summed E-state index contributed by atoms with van der Waals surface area (Å²) < 4.78 is 1.70. The zero-order chi connectivity index (χ0) is 17.1. The number of nitrogens with one attached hydrogen (secondary N) is 1. The number of aromatic nitrogens is 4. The molecule has 24 heavy (non-hydrogen) atoms. The Morgan fingerprint density at radius 2 is 2.12 bits per heavy atom. The first-order valence-corrected chi connectivity index (χ1v) is 7.98. The van der Waals surface area contributed by atoms with Crippen LogP contribution in [-0.4, -0.2) is 56.7 Å². The van der Waals surface area contributed by atoms with E-state index < -0.39 is 0 Å². The molecule has 0 saturated carbocycles. The molecule has 0 radical (unpaired) electrons. The first-order valence-electron chi connectivity index (χ1n) is 7.98. The lowest BCUT2D eigenvalue weighted by atomic mass is 10.2. The molecule has 1 saturated heterocycles. The molecule has 1 fully saturated rings. The molecule has 9 heteroatoms. The van der Waals surface area contributed by atoms with Crippen molar-refractivity contribution in [1.29, 1.82) is 0 Å². The molecule has 0 aliphatic carbocycles. The number of nitrogens with two attached hydrogens (primary N) is 1. The summed E-state index contributed by atoms with van der Waals surface area (Å²) in [7, 11) is 0. The van der Waals surface area contributed by atoms with E-state index in [9.17, 15) is 9.59 Å². The van der Waals surface area contributed by atoms with Crippen molar-refractivity contribution in [3.8, 4) is 0 Å². The molecule has 0 spiro atoms. The van der Waals surface area contributed by atoms with Gasteiger partial charge in [0.25, 0.3) is 5.56 Å². The van der Waals surface area contributed by atoms with Crippen LogP contribution in [0.1, 0.15) is 19.4 Å². The molecule has 3 N–H and O–H groups in total. The molecule has 1 unspecified atom stereocenters. The van der Waals surface area contributed by atoms with Gasteiger partial charge < -0.3 is 15.5 Å². The fourth-order valence-corrected chi connectivity index (χ4v) is 2.93. The lowest BCUT2D eigenvalue weighted by Crippen LogP contribution is -2.51. The van der Waals surface area contributed by atoms with Gasteiger partial charge in [-0.3, -0.25) is 19.3 Å². The van der Waals surface area contributed by atoms with Crippen molar-refractivity contribution in [1.82, 2.24) is 24.6 Å². The normalized spacial score (nSPS) is 16.2. The minimum atomic E-state index is -0.278. The Hall–Kier alpha value is -2.84. The summed E-state index contributed by atoms with van der Waals surface area (Å²) in [4.78, 5) is 34.6. The Morgan fingerprint density at radius 1 is 1.38 bits per heavy atom. The van der Waals surface area contributed by atoms with E-state index in [1.165, 1.54) is 6.07 Å². The first kappa shape index (κ1) is 16.0. The van der Waals surface area contributed by atoms with Crippen molar-refractivity contribution in [2.75, 3.05) is 36.8 Å². The Bertz CT molecular complexity index is 747. The summed E-state index contributed by atoms with van der Waals surface area (Å²) in [5.41, 5.74) is 5.31.